The summed E-state index contributed by atoms with van der Waals surface area (Å²) in [6.07, 6.45) is 0. The Bertz CT molecular complexity index is 1300. The van der Waals surface area contributed by atoms with Crippen LogP contribution in [0.5, 0.6) is 0 Å². The summed E-state index contributed by atoms with van der Waals surface area (Å²) < 4.78 is 1.86. The normalized spacial score (nSPS) is 13.0. The summed E-state index contributed by atoms with van der Waals surface area (Å²) in [6, 6.07) is 22.3. The molecular formula is C24H17ClN4O2. The van der Waals surface area contributed by atoms with E-state index in [2.05, 4.69) is 10.2 Å². The van der Waals surface area contributed by atoms with E-state index in [1.807, 2.05) is 54.0 Å². The van der Waals surface area contributed by atoms with Crippen LogP contribution in [-0.4, -0.2) is 31.5 Å². The van der Waals surface area contributed by atoms with Crippen molar-refractivity contribution in [1.29, 1.82) is 0 Å². The van der Waals surface area contributed by atoms with Gasteiger partial charge in [-0.05, 0) is 42.8 Å². The van der Waals surface area contributed by atoms with Gasteiger partial charge in [0.05, 0.1) is 23.4 Å². The van der Waals surface area contributed by atoms with Crippen molar-refractivity contribution in [1.82, 2.24) is 19.7 Å². The predicted octanol–water partition coefficient (Wildman–Crippen LogP) is 4.69. The molecule has 2 amide bonds. The summed E-state index contributed by atoms with van der Waals surface area (Å²) in [6.45, 7) is 1.85. The van der Waals surface area contributed by atoms with Crippen molar-refractivity contribution in [3.05, 3.63) is 101 Å². The average molecular weight is 429 g/mol. The fraction of sp³-hybridized carbons (Fsp3) is 0.0833. The molecule has 6 nitrogen and oxygen atoms in total. The summed E-state index contributed by atoms with van der Waals surface area (Å²) in [5.74, 6) is 0.483. The van der Waals surface area contributed by atoms with Crippen LogP contribution >= 0.6 is 11.6 Å². The van der Waals surface area contributed by atoms with Gasteiger partial charge in [0, 0.05) is 10.6 Å². The van der Waals surface area contributed by atoms with Gasteiger partial charge in [0.15, 0.2) is 5.82 Å². The van der Waals surface area contributed by atoms with Gasteiger partial charge >= 0.3 is 0 Å². The molecule has 3 aromatic carbocycles. The standard InChI is InChI=1S/C24H17ClN4O2/c1-15-26-27-22(14-28-23(30)18-9-5-6-10-19(18)24(28)31)29(15)21-12-11-17(25)13-20(21)16-7-3-2-4-8-16/h2-13H,14H2,1H3. The van der Waals surface area contributed by atoms with E-state index in [9.17, 15) is 9.59 Å². The van der Waals surface area contributed by atoms with Crippen LogP contribution in [-0.2, 0) is 6.54 Å². The quantitative estimate of drug-likeness (QED) is 0.442. The van der Waals surface area contributed by atoms with Crippen molar-refractivity contribution in [2.45, 2.75) is 13.5 Å². The van der Waals surface area contributed by atoms with E-state index in [1.165, 1.54) is 4.90 Å². The van der Waals surface area contributed by atoms with Crippen LogP contribution in [0.3, 0.4) is 0 Å². The van der Waals surface area contributed by atoms with Gasteiger partial charge in [-0.1, -0.05) is 54.1 Å². The molecule has 0 saturated heterocycles. The largest absolute Gasteiger partial charge is 0.281 e. The second kappa shape index (κ2) is 7.49. The number of nitrogens with zero attached hydrogens (tertiary/aromatic N) is 4. The molecule has 2 heterocycles. The maximum Gasteiger partial charge on any atom is 0.261 e. The van der Waals surface area contributed by atoms with Crippen LogP contribution in [0, 0.1) is 6.92 Å². The first-order chi connectivity index (χ1) is 15.0. The molecule has 152 valence electrons. The van der Waals surface area contributed by atoms with Crippen LogP contribution in [0.2, 0.25) is 5.02 Å². The van der Waals surface area contributed by atoms with Gasteiger partial charge in [0.25, 0.3) is 11.8 Å². The van der Waals surface area contributed by atoms with E-state index in [1.54, 1.807) is 30.3 Å². The number of fused-ring (bicyclic) bond motifs is 1. The molecule has 0 aliphatic carbocycles. The highest BCUT2D eigenvalue weighted by Crippen LogP contribution is 2.32. The van der Waals surface area contributed by atoms with Gasteiger partial charge in [-0.15, -0.1) is 10.2 Å². The second-order valence-electron chi connectivity index (χ2n) is 7.27. The molecule has 1 aromatic heterocycles. The molecule has 0 unspecified atom stereocenters. The highest BCUT2D eigenvalue weighted by Gasteiger charge is 2.36. The number of imide groups is 1. The Morgan fingerprint density at radius 2 is 1.45 bits per heavy atom. The minimum absolute atomic E-state index is 0.0179. The lowest BCUT2D eigenvalue weighted by atomic mass is 10.0. The van der Waals surface area contributed by atoms with Crippen LogP contribution in [0.25, 0.3) is 16.8 Å². The Morgan fingerprint density at radius 1 is 0.806 bits per heavy atom. The topological polar surface area (TPSA) is 68.1 Å². The lowest BCUT2D eigenvalue weighted by Crippen LogP contribution is -2.30. The lowest BCUT2D eigenvalue weighted by Gasteiger charge is -2.17. The molecule has 5 rings (SSSR count). The van der Waals surface area contributed by atoms with Gasteiger partial charge < -0.3 is 0 Å². The third kappa shape index (κ3) is 3.21. The predicted molar refractivity (Wildman–Crippen MR) is 117 cm³/mol. The van der Waals surface area contributed by atoms with E-state index < -0.39 is 0 Å². The minimum Gasteiger partial charge on any atom is -0.281 e. The molecule has 1 aliphatic heterocycles. The van der Waals surface area contributed by atoms with Gasteiger partial charge in [-0.2, -0.15) is 0 Å². The van der Waals surface area contributed by atoms with Crippen molar-refractivity contribution in [3.8, 4) is 16.8 Å². The van der Waals surface area contributed by atoms with Gasteiger partial charge in [0.2, 0.25) is 0 Å². The summed E-state index contributed by atoms with van der Waals surface area (Å²) in [5.41, 5.74) is 3.53. The molecule has 0 bridgehead atoms. The number of halogens is 1. The van der Waals surface area contributed by atoms with E-state index in [0.29, 0.717) is 27.8 Å². The van der Waals surface area contributed by atoms with Crippen LogP contribution in [0.4, 0.5) is 0 Å². The Kier molecular flexibility index (Phi) is 4.64. The molecule has 0 atom stereocenters. The van der Waals surface area contributed by atoms with Crippen LogP contribution in [0.15, 0.2) is 72.8 Å². The first-order valence-electron chi connectivity index (χ1n) is 9.76. The first-order valence-corrected chi connectivity index (χ1v) is 10.1. The molecule has 1 aliphatic rings. The molecule has 7 heteroatoms. The molecule has 0 N–H and O–H groups in total. The number of carbonyl (C=O) groups excluding carboxylic acids is 2. The van der Waals surface area contributed by atoms with E-state index >= 15 is 0 Å². The molecule has 0 saturated carbocycles. The number of aryl methyl sites for hydroxylation is 1. The molecule has 0 spiro atoms. The van der Waals surface area contributed by atoms with Crippen LogP contribution in [0.1, 0.15) is 32.4 Å². The highest BCUT2D eigenvalue weighted by atomic mass is 35.5. The van der Waals surface area contributed by atoms with Crippen LogP contribution < -0.4 is 0 Å². The lowest BCUT2D eigenvalue weighted by molar-refractivity contribution is 0.0637. The number of hydrogen-bond donors (Lipinski definition) is 0. The fourth-order valence-electron chi connectivity index (χ4n) is 3.90. The molecule has 0 fully saturated rings. The summed E-state index contributed by atoms with van der Waals surface area (Å²) >= 11 is 6.30. The molecule has 4 aromatic rings. The SMILES string of the molecule is Cc1nnc(CN2C(=O)c3ccccc3C2=O)n1-c1ccc(Cl)cc1-c1ccccc1. The Balaban J connectivity index is 1.59. The smallest absolute Gasteiger partial charge is 0.261 e. The third-order valence-corrected chi connectivity index (χ3v) is 5.59. The monoisotopic (exact) mass is 428 g/mol. The zero-order valence-corrected chi connectivity index (χ0v) is 17.4. The Labute approximate surface area is 183 Å². The van der Waals surface area contributed by atoms with Crippen molar-refractivity contribution < 1.29 is 9.59 Å². The van der Waals surface area contributed by atoms with Gasteiger partial charge in [-0.3, -0.25) is 19.1 Å². The van der Waals surface area contributed by atoms with Crippen molar-refractivity contribution in [2.24, 2.45) is 0 Å². The maximum atomic E-state index is 12.8. The first kappa shape index (κ1) is 19.2. The maximum absolute atomic E-state index is 12.8. The fourth-order valence-corrected chi connectivity index (χ4v) is 4.07. The molecular weight excluding hydrogens is 412 g/mol. The highest BCUT2D eigenvalue weighted by molar-refractivity contribution is 6.31. The van der Waals surface area contributed by atoms with E-state index in [-0.39, 0.29) is 18.4 Å². The number of hydrogen-bond acceptors (Lipinski definition) is 4. The summed E-state index contributed by atoms with van der Waals surface area (Å²) in [7, 11) is 0. The Morgan fingerprint density at radius 3 is 2.13 bits per heavy atom. The second-order valence-corrected chi connectivity index (χ2v) is 7.70. The average Bonchev–Trinajstić information content (AvgIpc) is 3.27. The minimum atomic E-state index is -0.327. The molecule has 31 heavy (non-hydrogen) atoms. The van der Waals surface area contributed by atoms with Gasteiger partial charge in [-0.25, -0.2) is 0 Å². The number of carbonyl (C=O) groups is 2. The number of aromatic nitrogens is 3. The van der Waals surface area contributed by atoms with Crippen molar-refractivity contribution in [3.63, 3.8) is 0 Å². The zero-order valence-electron chi connectivity index (χ0n) is 16.6. The van der Waals surface area contributed by atoms with Crippen molar-refractivity contribution >= 4 is 23.4 Å². The van der Waals surface area contributed by atoms with Crippen molar-refractivity contribution in [2.75, 3.05) is 0 Å². The number of amides is 2. The van der Waals surface area contributed by atoms with Gasteiger partial charge in [0.1, 0.15) is 5.82 Å². The van der Waals surface area contributed by atoms with E-state index in [4.69, 9.17) is 11.6 Å². The van der Waals surface area contributed by atoms with E-state index in [0.717, 1.165) is 16.8 Å². The Hall–Kier alpha value is -3.77. The summed E-state index contributed by atoms with van der Waals surface area (Å²) in [5, 5.41) is 9.11. The summed E-state index contributed by atoms with van der Waals surface area (Å²) in [4.78, 5) is 26.9. The zero-order chi connectivity index (χ0) is 21.5. The number of rotatable bonds is 4. The number of benzene rings is 3. The molecule has 0 radical (unpaired) electrons. The third-order valence-electron chi connectivity index (χ3n) is 5.35.